The third-order valence-corrected chi connectivity index (χ3v) is 5.16. The van der Waals surface area contributed by atoms with Crippen molar-refractivity contribution in [2.24, 2.45) is 0 Å². The van der Waals surface area contributed by atoms with E-state index in [-0.39, 0.29) is 23.8 Å². The number of hydrogen-bond acceptors (Lipinski definition) is 7. The molecule has 2 aliphatic rings. The van der Waals surface area contributed by atoms with Crippen molar-refractivity contribution in [1.82, 2.24) is 9.88 Å². The molecule has 1 saturated heterocycles. The fourth-order valence-electron chi connectivity index (χ4n) is 3.58. The molecule has 9 heteroatoms. The average molecular weight is 363 g/mol. The summed E-state index contributed by atoms with van der Waals surface area (Å²) < 4.78 is 5.33. The topological polar surface area (TPSA) is 110 Å². The predicted octanol–water partition coefficient (Wildman–Crippen LogP) is 2.00. The number of carbonyl (C=O) groups is 1. The molecule has 1 aliphatic carbocycles. The molecule has 1 aliphatic heterocycles. The number of nitrogens with zero attached hydrogens (tertiary/aromatic N) is 3. The first-order valence-electron chi connectivity index (χ1n) is 8.99. The number of aromatic nitrogens is 1. The standard InChI is InChI=1S/C17H25N5O4/c1-21(11-23)14-4-2-12(3-5-14)20-17-8-15(16(9-18-17)22(24)25)19-13-6-7-26-10-13/h8-9,11-14H,2-7,10H2,1H3,(H2,18,19,20)/t12?,13-,14?/m0/s1. The van der Waals surface area contributed by atoms with Gasteiger partial charge in [0.05, 0.1) is 17.6 Å². The average Bonchev–Trinajstić information content (AvgIpc) is 3.14. The quantitative estimate of drug-likeness (QED) is 0.433. The molecule has 2 N–H and O–H groups in total. The summed E-state index contributed by atoms with van der Waals surface area (Å²) in [6, 6.07) is 2.33. The highest BCUT2D eigenvalue weighted by Crippen LogP contribution is 2.29. The van der Waals surface area contributed by atoms with E-state index in [9.17, 15) is 14.9 Å². The highest BCUT2D eigenvalue weighted by atomic mass is 16.6. The van der Waals surface area contributed by atoms with E-state index in [2.05, 4.69) is 15.6 Å². The highest BCUT2D eigenvalue weighted by Gasteiger charge is 2.25. The van der Waals surface area contributed by atoms with Crippen LogP contribution >= 0.6 is 0 Å². The van der Waals surface area contributed by atoms with E-state index in [0.717, 1.165) is 38.5 Å². The van der Waals surface area contributed by atoms with Crippen LogP contribution in [-0.4, -0.2) is 59.6 Å². The first kappa shape index (κ1) is 18.4. The zero-order chi connectivity index (χ0) is 18.5. The van der Waals surface area contributed by atoms with Crippen LogP contribution in [0.5, 0.6) is 0 Å². The van der Waals surface area contributed by atoms with Crippen molar-refractivity contribution in [3.63, 3.8) is 0 Å². The van der Waals surface area contributed by atoms with Gasteiger partial charge in [-0.15, -0.1) is 0 Å². The second-order valence-corrected chi connectivity index (χ2v) is 6.97. The lowest BCUT2D eigenvalue weighted by Crippen LogP contribution is -2.37. The van der Waals surface area contributed by atoms with Crippen LogP contribution in [0.25, 0.3) is 0 Å². The Labute approximate surface area is 152 Å². The van der Waals surface area contributed by atoms with Gasteiger partial charge in [0.25, 0.3) is 0 Å². The second kappa shape index (κ2) is 8.31. The van der Waals surface area contributed by atoms with E-state index in [1.54, 1.807) is 11.0 Å². The Morgan fingerprint density at radius 1 is 1.27 bits per heavy atom. The highest BCUT2D eigenvalue weighted by molar-refractivity contribution is 5.65. The van der Waals surface area contributed by atoms with Gasteiger partial charge in [-0.05, 0) is 32.1 Å². The largest absolute Gasteiger partial charge is 0.379 e. The molecule has 0 radical (unpaired) electrons. The summed E-state index contributed by atoms with van der Waals surface area (Å²) >= 11 is 0. The number of nitrogens with one attached hydrogen (secondary N) is 2. The van der Waals surface area contributed by atoms with Crippen LogP contribution in [0.15, 0.2) is 12.3 Å². The molecule has 1 atom stereocenters. The number of ether oxygens (including phenoxy) is 1. The normalized spacial score (nSPS) is 25.5. The number of hydrogen-bond donors (Lipinski definition) is 2. The van der Waals surface area contributed by atoms with Gasteiger partial charge in [0.15, 0.2) is 0 Å². The molecule has 0 aromatic carbocycles. The van der Waals surface area contributed by atoms with E-state index in [0.29, 0.717) is 24.7 Å². The van der Waals surface area contributed by atoms with Gasteiger partial charge >= 0.3 is 5.69 Å². The summed E-state index contributed by atoms with van der Waals surface area (Å²) in [7, 11) is 1.81. The molecule has 0 bridgehead atoms. The van der Waals surface area contributed by atoms with Gasteiger partial charge in [-0.1, -0.05) is 0 Å². The summed E-state index contributed by atoms with van der Waals surface area (Å²) in [6.45, 7) is 1.22. The number of anilines is 2. The Morgan fingerprint density at radius 2 is 2.04 bits per heavy atom. The maximum absolute atomic E-state index is 11.3. The molecule has 1 saturated carbocycles. The van der Waals surface area contributed by atoms with Crippen molar-refractivity contribution in [2.75, 3.05) is 30.9 Å². The first-order chi connectivity index (χ1) is 12.6. The fraction of sp³-hybridized carbons (Fsp3) is 0.647. The second-order valence-electron chi connectivity index (χ2n) is 6.97. The van der Waals surface area contributed by atoms with Gasteiger partial charge < -0.3 is 20.3 Å². The third kappa shape index (κ3) is 4.40. The minimum atomic E-state index is -0.421. The van der Waals surface area contributed by atoms with Crippen molar-refractivity contribution in [1.29, 1.82) is 0 Å². The van der Waals surface area contributed by atoms with Crippen molar-refractivity contribution in [3.8, 4) is 0 Å². The third-order valence-electron chi connectivity index (χ3n) is 5.16. The molecular weight excluding hydrogens is 338 g/mol. The summed E-state index contributed by atoms with van der Waals surface area (Å²) in [4.78, 5) is 27.7. The Kier molecular flexibility index (Phi) is 5.87. The molecule has 3 rings (SSSR count). The van der Waals surface area contributed by atoms with Gasteiger partial charge in [-0.3, -0.25) is 14.9 Å². The van der Waals surface area contributed by atoms with Crippen molar-refractivity contribution < 1.29 is 14.5 Å². The molecule has 2 fully saturated rings. The number of nitro groups is 1. The molecule has 26 heavy (non-hydrogen) atoms. The zero-order valence-corrected chi connectivity index (χ0v) is 14.9. The zero-order valence-electron chi connectivity index (χ0n) is 14.9. The van der Waals surface area contributed by atoms with Crippen molar-refractivity contribution >= 4 is 23.6 Å². The molecule has 9 nitrogen and oxygen atoms in total. The van der Waals surface area contributed by atoms with Crippen LogP contribution in [0.1, 0.15) is 32.1 Å². The Balaban J connectivity index is 1.64. The smallest absolute Gasteiger partial charge is 0.310 e. The SMILES string of the molecule is CN(C=O)C1CCC(Nc2cc(N[C@H]3CCOC3)c([N+](=O)[O-])cn2)CC1. The first-order valence-corrected chi connectivity index (χ1v) is 8.99. The number of rotatable bonds is 7. The minimum Gasteiger partial charge on any atom is -0.379 e. The van der Waals surface area contributed by atoms with E-state index in [4.69, 9.17) is 4.74 Å². The lowest BCUT2D eigenvalue weighted by Gasteiger charge is -2.33. The lowest BCUT2D eigenvalue weighted by molar-refractivity contribution is -0.384. The summed E-state index contributed by atoms with van der Waals surface area (Å²) in [5, 5.41) is 17.8. The molecular formula is C17H25N5O4. The minimum absolute atomic E-state index is 0.0289. The van der Waals surface area contributed by atoms with Crippen LogP contribution in [-0.2, 0) is 9.53 Å². The summed E-state index contributed by atoms with van der Waals surface area (Å²) in [5.74, 6) is 0.629. The Morgan fingerprint density at radius 3 is 2.65 bits per heavy atom. The molecule has 2 heterocycles. The van der Waals surface area contributed by atoms with E-state index >= 15 is 0 Å². The van der Waals surface area contributed by atoms with Crippen LogP contribution in [0, 0.1) is 10.1 Å². The van der Waals surface area contributed by atoms with Gasteiger partial charge in [-0.25, -0.2) is 4.98 Å². The molecule has 1 aromatic heterocycles. The van der Waals surface area contributed by atoms with Gasteiger partial charge in [-0.2, -0.15) is 0 Å². The van der Waals surface area contributed by atoms with Crippen LogP contribution in [0.2, 0.25) is 0 Å². The monoisotopic (exact) mass is 363 g/mol. The van der Waals surface area contributed by atoms with Crippen LogP contribution < -0.4 is 10.6 Å². The fourth-order valence-corrected chi connectivity index (χ4v) is 3.58. The summed E-state index contributed by atoms with van der Waals surface area (Å²) in [5.41, 5.74) is 0.441. The number of amides is 1. The van der Waals surface area contributed by atoms with Crippen LogP contribution in [0.4, 0.5) is 17.2 Å². The summed E-state index contributed by atoms with van der Waals surface area (Å²) in [6.07, 6.45) is 6.74. The Hall–Kier alpha value is -2.42. The Bertz CT molecular complexity index is 642. The molecule has 0 spiro atoms. The maximum atomic E-state index is 11.3. The van der Waals surface area contributed by atoms with Gasteiger partial charge in [0, 0.05) is 31.8 Å². The van der Waals surface area contributed by atoms with Gasteiger partial charge in [0.2, 0.25) is 6.41 Å². The predicted molar refractivity (Wildman–Crippen MR) is 97.2 cm³/mol. The lowest BCUT2D eigenvalue weighted by atomic mass is 9.90. The molecule has 0 unspecified atom stereocenters. The van der Waals surface area contributed by atoms with Crippen molar-refractivity contribution in [3.05, 3.63) is 22.4 Å². The van der Waals surface area contributed by atoms with Gasteiger partial charge in [0.1, 0.15) is 17.7 Å². The van der Waals surface area contributed by atoms with E-state index < -0.39 is 4.92 Å². The maximum Gasteiger partial charge on any atom is 0.310 e. The molecule has 1 aromatic rings. The van der Waals surface area contributed by atoms with E-state index in [1.807, 2.05) is 7.05 Å². The molecule has 142 valence electrons. The van der Waals surface area contributed by atoms with Crippen molar-refractivity contribution in [2.45, 2.75) is 50.2 Å². The van der Waals surface area contributed by atoms with Crippen LogP contribution in [0.3, 0.4) is 0 Å². The number of carbonyl (C=O) groups excluding carboxylic acids is 1. The molecule has 1 amide bonds. The van der Waals surface area contributed by atoms with E-state index in [1.165, 1.54) is 6.20 Å². The number of pyridine rings is 1.